The maximum Gasteiger partial charge on any atom is 0.253 e. The summed E-state index contributed by atoms with van der Waals surface area (Å²) in [5.41, 5.74) is 3.09. The van der Waals surface area contributed by atoms with E-state index >= 15 is 0 Å². The molecule has 1 N–H and O–H groups in total. The van der Waals surface area contributed by atoms with Gasteiger partial charge in [-0.3, -0.25) is 4.79 Å². The molecule has 0 bridgehead atoms. The van der Waals surface area contributed by atoms with Crippen LogP contribution in [0.4, 0.5) is 0 Å². The van der Waals surface area contributed by atoms with Crippen LogP contribution in [0, 0.1) is 18.8 Å². The van der Waals surface area contributed by atoms with Gasteiger partial charge in [0.15, 0.2) is 0 Å². The van der Waals surface area contributed by atoms with Crippen molar-refractivity contribution < 1.29 is 9.53 Å². The first kappa shape index (κ1) is 20.7. The van der Waals surface area contributed by atoms with Gasteiger partial charge in [-0.15, -0.1) is 12.4 Å². The Morgan fingerprint density at radius 2 is 1.79 bits per heavy atom. The molecule has 0 unspecified atom stereocenters. The third-order valence-corrected chi connectivity index (χ3v) is 5.88. The maximum atomic E-state index is 13.0. The summed E-state index contributed by atoms with van der Waals surface area (Å²) in [5, 5.41) is 3.49. The highest BCUT2D eigenvalue weighted by molar-refractivity contribution is 5.94. The number of nitrogens with zero attached hydrogens (tertiary/aromatic N) is 1. The molecule has 2 heterocycles. The van der Waals surface area contributed by atoms with Crippen molar-refractivity contribution in [2.75, 3.05) is 26.2 Å². The van der Waals surface area contributed by atoms with Crippen molar-refractivity contribution in [2.45, 2.75) is 26.4 Å². The number of benzene rings is 2. The van der Waals surface area contributed by atoms with Crippen molar-refractivity contribution in [1.29, 1.82) is 0 Å². The molecule has 28 heavy (non-hydrogen) atoms. The van der Waals surface area contributed by atoms with Gasteiger partial charge < -0.3 is 15.0 Å². The third-order valence-electron chi connectivity index (χ3n) is 5.88. The summed E-state index contributed by atoms with van der Waals surface area (Å²) in [5.74, 6) is 2.33. The molecule has 2 aliphatic heterocycles. The van der Waals surface area contributed by atoms with Gasteiger partial charge >= 0.3 is 0 Å². The molecule has 4 nitrogen and oxygen atoms in total. The number of ether oxygens (including phenoxy) is 1. The summed E-state index contributed by atoms with van der Waals surface area (Å²) in [6.07, 6.45) is 2.21. The SMILES string of the molecule is Cc1cccc(COc2cccc(C(=O)N3CC[C@@H]4CNC[C@@H]4CC3)c2)c1.Cl. The summed E-state index contributed by atoms with van der Waals surface area (Å²) in [4.78, 5) is 15.0. The predicted octanol–water partition coefficient (Wildman–Crippen LogP) is 4.07. The molecule has 150 valence electrons. The zero-order valence-electron chi connectivity index (χ0n) is 16.4. The van der Waals surface area contributed by atoms with Gasteiger partial charge in [0, 0.05) is 18.7 Å². The average Bonchev–Trinajstić information content (AvgIpc) is 3.04. The van der Waals surface area contributed by atoms with E-state index in [1.165, 1.54) is 5.56 Å². The van der Waals surface area contributed by atoms with E-state index in [1.807, 2.05) is 35.2 Å². The van der Waals surface area contributed by atoms with Crippen LogP contribution in [0.5, 0.6) is 5.75 Å². The van der Waals surface area contributed by atoms with Crippen LogP contribution in [0.15, 0.2) is 48.5 Å². The number of amides is 1. The molecule has 1 amide bonds. The van der Waals surface area contributed by atoms with Gasteiger partial charge in [-0.1, -0.05) is 35.9 Å². The average molecular weight is 401 g/mol. The van der Waals surface area contributed by atoms with Gasteiger partial charge in [0.2, 0.25) is 0 Å². The second-order valence-electron chi connectivity index (χ2n) is 7.85. The minimum Gasteiger partial charge on any atom is -0.489 e. The third kappa shape index (κ3) is 4.86. The summed E-state index contributed by atoms with van der Waals surface area (Å²) in [6.45, 7) is 6.52. The van der Waals surface area contributed by atoms with Crippen LogP contribution >= 0.6 is 12.4 Å². The topological polar surface area (TPSA) is 41.6 Å². The number of nitrogens with one attached hydrogen (secondary N) is 1. The number of fused-ring (bicyclic) bond motifs is 1. The minimum absolute atomic E-state index is 0. The smallest absolute Gasteiger partial charge is 0.253 e. The van der Waals surface area contributed by atoms with Crippen LogP contribution in [-0.4, -0.2) is 37.0 Å². The van der Waals surface area contributed by atoms with Crippen molar-refractivity contribution in [3.8, 4) is 5.75 Å². The number of hydrogen-bond donors (Lipinski definition) is 1. The monoisotopic (exact) mass is 400 g/mol. The molecule has 5 heteroatoms. The number of hydrogen-bond acceptors (Lipinski definition) is 3. The first-order valence-electron chi connectivity index (χ1n) is 9.97. The Labute approximate surface area is 173 Å². The molecular weight excluding hydrogens is 372 g/mol. The number of halogens is 1. The zero-order valence-corrected chi connectivity index (χ0v) is 17.2. The lowest BCUT2D eigenvalue weighted by atomic mass is 9.92. The largest absolute Gasteiger partial charge is 0.489 e. The predicted molar refractivity (Wildman–Crippen MR) is 114 cm³/mol. The van der Waals surface area contributed by atoms with E-state index in [2.05, 4.69) is 30.4 Å². The fourth-order valence-electron chi connectivity index (χ4n) is 4.29. The van der Waals surface area contributed by atoms with E-state index in [0.29, 0.717) is 6.61 Å². The lowest BCUT2D eigenvalue weighted by Crippen LogP contribution is -2.32. The zero-order chi connectivity index (χ0) is 18.6. The Morgan fingerprint density at radius 3 is 2.50 bits per heavy atom. The summed E-state index contributed by atoms with van der Waals surface area (Å²) in [6, 6.07) is 15.9. The van der Waals surface area contributed by atoms with Gasteiger partial charge in [-0.05, 0) is 68.5 Å². The first-order chi connectivity index (χ1) is 13.2. The number of aryl methyl sites for hydroxylation is 1. The highest BCUT2D eigenvalue weighted by Gasteiger charge is 2.31. The quantitative estimate of drug-likeness (QED) is 0.841. The molecule has 0 aromatic heterocycles. The van der Waals surface area contributed by atoms with Crippen molar-refractivity contribution >= 4 is 18.3 Å². The van der Waals surface area contributed by atoms with E-state index in [-0.39, 0.29) is 18.3 Å². The minimum atomic E-state index is 0. The normalized spacial score (nSPS) is 21.4. The second kappa shape index (κ2) is 9.44. The van der Waals surface area contributed by atoms with Gasteiger partial charge in [0.05, 0.1) is 0 Å². The molecular formula is C23H29ClN2O2. The summed E-state index contributed by atoms with van der Waals surface area (Å²) >= 11 is 0. The van der Waals surface area contributed by atoms with Crippen LogP contribution in [-0.2, 0) is 6.61 Å². The molecule has 2 aromatic rings. The van der Waals surface area contributed by atoms with Crippen LogP contribution in [0.3, 0.4) is 0 Å². The lowest BCUT2D eigenvalue weighted by Gasteiger charge is -2.21. The molecule has 2 fully saturated rings. The van der Waals surface area contributed by atoms with E-state index in [9.17, 15) is 4.79 Å². The van der Waals surface area contributed by atoms with Crippen molar-refractivity contribution in [1.82, 2.24) is 10.2 Å². The molecule has 2 aliphatic rings. The Bertz CT molecular complexity index is 797. The van der Waals surface area contributed by atoms with E-state index in [1.54, 1.807) is 0 Å². The molecule has 2 aromatic carbocycles. The second-order valence-corrected chi connectivity index (χ2v) is 7.85. The fourth-order valence-corrected chi connectivity index (χ4v) is 4.29. The van der Waals surface area contributed by atoms with E-state index in [4.69, 9.17) is 4.74 Å². The fraction of sp³-hybridized carbons (Fsp3) is 0.435. The van der Waals surface area contributed by atoms with Crippen molar-refractivity contribution in [2.24, 2.45) is 11.8 Å². The lowest BCUT2D eigenvalue weighted by molar-refractivity contribution is 0.0758. The molecule has 2 saturated heterocycles. The van der Waals surface area contributed by atoms with Gasteiger partial charge in [0.25, 0.3) is 5.91 Å². The molecule has 0 radical (unpaired) electrons. The Balaban J connectivity index is 0.00000225. The van der Waals surface area contributed by atoms with E-state index in [0.717, 1.165) is 67.7 Å². The number of likely N-dealkylation sites (tertiary alicyclic amines) is 1. The summed E-state index contributed by atoms with van der Waals surface area (Å²) in [7, 11) is 0. The maximum absolute atomic E-state index is 13.0. The highest BCUT2D eigenvalue weighted by Crippen LogP contribution is 2.28. The Morgan fingerprint density at radius 1 is 1.07 bits per heavy atom. The van der Waals surface area contributed by atoms with Crippen LogP contribution in [0.25, 0.3) is 0 Å². The first-order valence-corrected chi connectivity index (χ1v) is 9.97. The number of carbonyl (C=O) groups excluding carboxylic acids is 1. The Hall–Kier alpha value is -2.04. The Kier molecular flexibility index (Phi) is 6.97. The molecule has 4 rings (SSSR count). The van der Waals surface area contributed by atoms with Crippen molar-refractivity contribution in [3.05, 3.63) is 65.2 Å². The van der Waals surface area contributed by atoms with Crippen LogP contribution in [0.1, 0.15) is 34.3 Å². The molecule has 0 aliphatic carbocycles. The number of carbonyl (C=O) groups is 1. The molecule has 0 spiro atoms. The van der Waals surface area contributed by atoms with Gasteiger partial charge in [0.1, 0.15) is 12.4 Å². The van der Waals surface area contributed by atoms with Crippen molar-refractivity contribution in [3.63, 3.8) is 0 Å². The van der Waals surface area contributed by atoms with Crippen LogP contribution in [0.2, 0.25) is 0 Å². The van der Waals surface area contributed by atoms with E-state index < -0.39 is 0 Å². The molecule has 2 atom stereocenters. The van der Waals surface area contributed by atoms with Crippen LogP contribution < -0.4 is 10.1 Å². The highest BCUT2D eigenvalue weighted by atomic mass is 35.5. The summed E-state index contributed by atoms with van der Waals surface area (Å²) < 4.78 is 5.93. The molecule has 0 saturated carbocycles. The number of rotatable bonds is 4. The van der Waals surface area contributed by atoms with Gasteiger partial charge in [-0.2, -0.15) is 0 Å². The van der Waals surface area contributed by atoms with Gasteiger partial charge in [-0.25, -0.2) is 0 Å². The standard InChI is InChI=1S/C23H28N2O2.ClH/c1-17-4-2-5-18(12-17)16-27-22-7-3-6-19(13-22)23(26)25-10-8-20-14-24-15-21(20)9-11-25;/h2-7,12-13,20-21,24H,8-11,14-16H2,1H3;1H/t20-,21+;.